The van der Waals surface area contributed by atoms with Crippen molar-refractivity contribution in [2.75, 3.05) is 9.80 Å². The summed E-state index contributed by atoms with van der Waals surface area (Å²) in [6.07, 6.45) is 0. The standard InChI is InChI=1S/C49H31BN4S2/c1-49(2,3)28-21-22-41-32(25-28)46-48(56-41)50-33-14-9-18-37-47(33)54(36-17-8-13-30-29-11-4-6-15-34(29)52(37)45(30)36)39-24-27(26-51)23-38(44(39)50)53(46)35-16-10-20-42-43(35)31-12-5-7-19-40(31)55-42/h4-25H,1-3H3. The van der Waals surface area contributed by atoms with E-state index < -0.39 is 0 Å². The van der Waals surface area contributed by atoms with Gasteiger partial charge < -0.3 is 14.4 Å². The summed E-state index contributed by atoms with van der Waals surface area (Å²) in [7, 11) is 0. The van der Waals surface area contributed by atoms with Crippen LogP contribution in [0.2, 0.25) is 0 Å². The van der Waals surface area contributed by atoms with Gasteiger partial charge in [0.05, 0.1) is 51.1 Å². The van der Waals surface area contributed by atoms with Crippen molar-refractivity contribution >= 4 is 131 Å². The van der Waals surface area contributed by atoms with Crippen LogP contribution in [-0.2, 0) is 5.41 Å². The molecule has 0 N–H and O–H groups in total. The summed E-state index contributed by atoms with van der Waals surface area (Å²) in [6.45, 7) is 6.88. The van der Waals surface area contributed by atoms with Gasteiger partial charge in [0, 0.05) is 57.2 Å². The number of anilines is 6. The van der Waals surface area contributed by atoms with Gasteiger partial charge in [-0.25, -0.2) is 0 Å². The van der Waals surface area contributed by atoms with Gasteiger partial charge in [-0.05, 0) is 82.6 Å². The molecule has 0 fully saturated rings. The van der Waals surface area contributed by atoms with Gasteiger partial charge in [0.1, 0.15) is 0 Å². The third kappa shape index (κ3) is 3.74. The molecule has 0 aliphatic carbocycles. The third-order valence-electron chi connectivity index (χ3n) is 12.4. The summed E-state index contributed by atoms with van der Waals surface area (Å²) in [5.41, 5.74) is 15.0. The molecule has 0 amide bonds. The maximum absolute atomic E-state index is 10.9. The minimum absolute atomic E-state index is 0.0206. The average Bonchev–Trinajstić information content (AvgIpc) is 3.90. The molecule has 7 heteroatoms. The van der Waals surface area contributed by atoms with E-state index in [4.69, 9.17) is 0 Å². The Labute approximate surface area is 331 Å². The smallest absolute Gasteiger partial charge is 0.264 e. The van der Waals surface area contributed by atoms with Gasteiger partial charge in [0.2, 0.25) is 0 Å². The molecule has 56 heavy (non-hydrogen) atoms. The predicted molar refractivity (Wildman–Crippen MR) is 240 cm³/mol. The van der Waals surface area contributed by atoms with E-state index in [1.54, 1.807) is 0 Å². The number of benzene rings is 7. The molecule has 13 rings (SSSR count). The van der Waals surface area contributed by atoms with Crippen molar-refractivity contribution in [2.24, 2.45) is 0 Å². The molecule has 7 aromatic carbocycles. The number of hydrogen-bond donors (Lipinski definition) is 0. The van der Waals surface area contributed by atoms with E-state index in [1.165, 1.54) is 90.4 Å². The normalized spacial score (nSPS) is 13.9. The summed E-state index contributed by atoms with van der Waals surface area (Å²) < 4.78 is 7.64. The van der Waals surface area contributed by atoms with Crippen molar-refractivity contribution < 1.29 is 0 Å². The molecule has 0 unspecified atom stereocenters. The molecule has 3 aliphatic rings. The molecular formula is C49H31BN4S2. The summed E-state index contributed by atoms with van der Waals surface area (Å²) in [6, 6.07) is 52.0. The zero-order chi connectivity index (χ0) is 37.2. The first kappa shape index (κ1) is 30.9. The topological polar surface area (TPSA) is 35.2 Å². The van der Waals surface area contributed by atoms with Crippen LogP contribution >= 0.6 is 22.7 Å². The SMILES string of the molecule is CC(C)(C)c1ccc2sc3c(c2c1)N(c1cccc2sc4ccccc4c12)c1cc(C#N)cc2c1B3c1cccc3c1N2c1cccc2c4ccccc4n-3c12. The lowest BCUT2D eigenvalue weighted by Crippen LogP contribution is -2.61. The van der Waals surface area contributed by atoms with Crippen LogP contribution in [0, 0.1) is 11.3 Å². The first-order valence-corrected chi connectivity index (χ1v) is 20.8. The molecule has 0 radical (unpaired) electrons. The average molecular weight is 751 g/mol. The highest BCUT2D eigenvalue weighted by Crippen LogP contribution is 2.55. The Morgan fingerprint density at radius 2 is 1.25 bits per heavy atom. The Bertz CT molecular complexity index is 3460. The molecule has 4 nitrogen and oxygen atoms in total. The van der Waals surface area contributed by atoms with Crippen LogP contribution in [0.25, 0.3) is 57.8 Å². The molecule has 6 heterocycles. The number of rotatable bonds is 1. The number of hydrogen-bond acceptors (Lipinski definition) is 5. The second kappa shape index (κ2) is 10.5. The number of fused-ring (bicyclic) bond motifs is 14. The summed E-state index contributed by atoms with van der Waals surface area (Å²) >= 11 is 3.78. The fourth-order valence-electron chi connectivity index (χ4n) is 10.1. The lowest BCUT2D eigenvalue weighted by molar-refractivity contribution is 0.591. The number of nitriles is 1. The summed E-state index contributed by atoms with van der Waals surface area (Å²) in [4.78, 5) is 5.02. The van der Waals surface area contributed by atoms with E-state index in [0.29, 0.717) is 5.56 Å². The van der Waals surface area contributed by atoms with Gasteiger partial charge in [-0.3, -0.25) is 0 Å². The fraction of sp³-hybridized carbons (Fsp3) is 0.0816. The molecule has 0 bridgehead atoms. The fourth-order valence-corrected chi connectivity index (χ4v) is 12.5. The maximum Gasteiger partial charge on any atom is 0.264 e. The number of nitrogens with zero attached hydrogens (tertiary/aromatic N) is 4. The molecule has 3 aromatic heterocycles. The minimum atomic E-state index is -0.0262. The maximum atomic E-state index is 10.9. The Hall–Kier alpha value is -6.33. The molecule has 0 saturated carbocycles. The quantitative estimate of drug-likeness (QED) is 0.157. The van der Waals surface area contributed by atoms with Gasteiger partial charge in [-0.1, -0.05) is 93.6 Å². The highest BCUT2D eigenvalue weighted by molar-refractivity contribution is 7.33. The van der Waals surface area contributed by atoms with Crippen LogP contribution in [0.5, 0.6) is 0 Å². The number of thiophene rings is 2. The molecule has 10 aromatic rings. The van der Waals surface area contributed by atoms with Gasteiger partial charge in [-0.2, -0.15) is 5.26 Å². The van der Waals surface area contributed by atoms with E-state index in [9.17, 15) is 5.26 Å². The second-order valence-electron chi connectivity index (χ2n) is 16.4. The predicted octanol–water partition coefficient (Wildman–Crippen LogP) is 11.9. The molecule has 3 aliphatic heterocycles. The third-order valence-corrected chi connectivity index (χ3v) is 14.8. The van der Waals surface area contributed by atoms with Crippen molar-refractivity contribution in [1.82, 2.24) is 4.57 Å². The van der Waals surface area contributed by atoms with Gasteiger partial charge in [0.15, 0.2) is 0 Å². The molecule has 0 saturated heterocycles. The zero-order valence-corrected chi connectivity index (χ0v) is 32.5. The Balaban J connectivity index is 1.22. The van der Waals surface area contributed by atoms with E-state index in [1.807, 2.05) is 22.7 Å². The molecule has 0 atom stereocenters. The molecular weight excluding hydrogens is 720 g/mol. The first-order chi connectivity index (χ1) is 27.4. The van der Waals surface area contributed by atoms with Crippen molar-refractivity contribution in [3.63, 3.8) is 0 Å². The molecule has 262 valence electrons. The van der Waals surface area contributed by atoms with Gasteiger partial charge >= 0.3 is 0 Å². The second-order valence-corrected chi connectivity index (χ2v) is 18.6. The summed E-state index contributed by atoms with van der Waals surface area (Å²) in [5, 5.41) is 17.1. The van der Waals surface area contributed by atoms with Gasteiger partial charge in [-0.15, -0.1) is 22.7 Å². The van der Waals surface area contributed by atoms with Crippen LogP contribution in [0.1, 0.15) is 31.9 Å². The van der Waals surface area contributed by atoms with Crippen molar-refractivity contribution in [3.05, 3.63) is 145 Å². The Morgan fingerprint density at radius 3 is 2.09 bits per heavy atom. The Morgan fingerprint density at radius 1 is 0.571 bits per heavy atom. The van der Waals surface area contributed by atoms with Crippen LogP contribution in [-0.4, -0.2) is 11.3 Å². The van der Waals surface area contributed by atoms with E-state index >= 15 is 0 Å². The largest absolute Gasteiger partial charge is 0.309 e. The monoisotopic (exact) mass is 750 g/mol. The van der Waals surface area contributed by atoms with Crippen LogP contribution < -0.4 is 25.5 Å². The van der Waals surface area contributed by atoms with Gasteiger partial charge in [0.25, 0.3) is 6.71 Å². The summed E-state index contributed by atoms with van der Waals surface area (Å²) in [5.74, 6) is 0. The highest BCUT2D eigenvalue weighted by atomic mass is 32.1. The highest BCUT2D eigenvalue weighted by Gasteiger charge is 2.48. The zero-order valence-electron chi connectivity index (χ0n) is 30.9. The van der Waals surface area contributed by atoms with E-state index in [0.717, 1.165) is 22.7 Å². The van der Waals surface area contributed by atoms with E-state index in [-0.39, 0.29) is 12.1 Å². The van der Waals surface area contributed by atoms with E-state index in [2.05, 4.69) is 175 Å². The minimum Gasteiger partial charge on any atom is -0.309 e. The number of para-hydroxylation sites is 3. The lowest BCUT2D eigenvalue weighted by Gasteiger charge is -2.45. The van der Waals surface area contributed by atoms with Crippen LogP contribution in [0.15, 0.2) is 133 Å². The molecule has 0 spiro atoms. The Kier molecular flexibility index (Phi) is 5.80. The van der Waals surface area contributed by atoms with Crippen LogP contribution in [0.3, 0.4) is 0 Å². The van der Waals surface area contributed by atoms with Crippen molar-refractivity contribution in [2.45, 2.75) is 26.2 Å². The number of aromatic nitrogens is 1. The van der Waals surface area contributed by atoms with Crippen molar-refractivity contribution in [3.8, 4) is 11.8 Å². The first-order valence-electron chi connectivity index (χ1n) is 19.2. The lowest BCUT2D eigenvalue weighted by atomic mass is 9.36. The van der Waals surface area contributed by atoms with Crippen LogP contribution in [0.4, 0.5) is 34.1 Å². The van der Waals surface area contributed by atoms with Crippen molar-refractivity contribution in [1.29, 1.82) is 5.26 Å².